The first-order valence-electron chi connectivity index (χ1n) is 5.85. The lowest BCUT2D eigenvalue weighted by atomic mass is 9.85. The van der Waals surface area contributed by atoms with Crippen molar-refractivity contribution >= 4 is 43.7 Å². The molecular formula is C13H13Br2NO3. The summed E-state index contributed by atoms with van der Waals surface area (Å²) in [6, 6.07) is 5.15. The van der Waals surface area contributed by atoms with Crippen LogP contribution >= 0.6 is 31.9 Å². The molecule has 1 N–H and O–H groups in total. The largest absolute Gasteiger partial charge is 0.481 e. The fraction of sp³-hybridized carbons (Fsp3) is 0.385. The Kier molecular flexibility index (Phi) is 4.30. The van der Waals surface area contributed by atoms with Gasteiger partial charge in [-0.1, -0.05) is 6.07 Å². The first-order chi connectivity index (χ1) is 8.91. The minimum absolute atomic E-state index is 0.0125. The first kappa shape index (κ1) is 14.5. The monoisotopic (exact) mass is 389 g/mol. The number of likely N-dealkylation sites (tertiary alicyclic amines) is 1. The van der Waals surface area contributed by atoms with Gasteiger partial charge >= 0.3 is 5.97 Å². The van der Waals surface area contributed by atoms with E-state index in [0.29, 0.717) is 12.8 Å². The summed E-state index contributed by atoms with van der Waals surface area (Å²) in [6.45, 7) is 0. The van der Waals surface area contributed by atoms with Crippen LogP contribution in [-0.4, -0.2) is 28.9 Å². The van der Waals surface area contributed by atoms with Crippen molar-refractivity contribution in [3.8, 4) is 0 Å². The van der Waals surface area contributed by atoms with E-state index in [4.69, 9.17) is 0 Å². The fourth-order valence-corrected chi connectivity index (χ4v) is 3.09. The highest BCUT2D eigenvalue weighted by Gasteiger charge is 2.38. The van der Waals surface area contributed by atoms with Gasteiger partial charge in [-0.05, 0) is 56.0 Å². The van der Waals surface area contributed by atoms with Crippen molar-refractivity contribution in [2.24, 2.45) is 5.92 Å². The van der Waals surface area contributed by atoms with Crippen LogP contribution in [0.2, 0.25) is 0 Å². The molecule has 1 aliphatic heterocycles. The van der Waals surface area contributed by atoms with Crippen LogP contribution in [0.15, 0.2) is 27.1 Å². The highest BCUT2D eigenvalue weighted by Crippen LogP contribution is 2.37. The summed E-state index contributed by atoms with van der Waals surface area (Å²) in [6.07, 6.45) is 0.679. The predicted molar refractivity (Wildman–Crippen MR) is 77.7 cm³/mol. The minimum Gasteiger partial charge on any atom is -0.481 e. The molecule has 6 heteroatoms. The van der Waals surface area contributed by atoms with Gasteiger partial charge in [0.15, 0.2) is 0 Å². The molecule has 0 spiro atoms. The smallest absolute Gasteiger partial charge is 0.308 e. The van der Waals surface area contributed by atoms with Gasteiger partial charge in [0.25, 0.3) is 0 Å². The Labute approximate surface area is 128 Å². The van der Waals surface area contributed by atoms with Gasteiger partial charge < -0.3 is 10.0 Å². The van der Waals surface area contributed by atoms with Crippen molar-refractivity contribution < 1.29 is 14.7 Å². The lowest BCUT2D eigenvalue weighted by Crippen LogP contribution is -2.43. The van der Waals surface area contributed by atoms with Gasteiger partial charge in [-0.2, -0.15) is 0 Å². The number of aliphatic carboxylic acids is 1. The fourth-order valence-electron chi connectivity index (χ4n) is 2.45. The molecule has 0 aliphatic carbocycles. The zero-order valence-electron chi connectivity index (χ0n) is 10.3. The summed E-state index contributed by atoms with van der Waals surface area (Å²) >= 11 is 6.79. The van der Waals surface area contributed by atoms with Crippen molar-refractivity contribution in [2.75, 3.05) is 7.05 Å². The Bertz CT molecular complexity index is 533. The lowest BCUT2D eigenvalue weighted by molar-refractivity contribution is -0.150. The van der Waals surface area contributed by atoms with E-state index < -0.39 is 17.9 Å². The van der Waals surface area contributed by atoms with E-state index in [0.717, 1.165) is 14.5 Å². The molecule has 4 nitrogen and oxygen atoms in total. The van der Waals surface area contributed by atoms with E-state index in [2.05, 4.69) is 31.9 Å². The maximum absolute atomic E-state index is 11.8. The molecule has 19 heavy (non-hydrogen) atoms. The number of carboxylic acids is 1. The number of nitrogens with zero attached hydrogens (tertiary/aromatic N) is 1. The quantitative estimate of drug-likeness (QED) is 0.843. The summed E-state index contributed by atoms with van der Waals surface area (Å²) in [5, 5.41) is 9.34. The molecule has 0 bridgehead atoms. The maximum Gasteiger partial charge on any atom is 0.308 e. The van der Waals surface area contributed by atoms with E-state index in [1.54, 1.807) is 7.05 Å². The summed E-state index contributed by atoms with van der Waals surface area (Å²) in [5.74, 6) is -1.43. The number of hydrogen-bond acceptors (Lipinski definition) is 2. The molecule has 2 rings (SSSR count). The average molecular weight is 391 g/mol. The molecular weight excluding hydrogens is 378 g/mol. The number of hydrogen-bond donors (Lipinski definition) is 1. The normalized spacial score (nSPS) is 23.5. The second kappa shape index (κ2) is 5.63. The molecule has 1 aromatic carbocycles. The summed E-state index contributed by atoms with van der Waals surface area (Å²) < 4.78 is 1.74. The molecule has 1 fully saturated rings. The number of carbonyl (C=O) groups is 2. The SMILES string of the molecule is CN1C(=O)CCC(C(=O)O)C1c1ccc(Br)c(Br)c1. The van der Waals surface area contributed by atoms with Crippen LogP contribution in [0.5, 0.6) is 0 Å². The molecule has 102 valence electrons. The van der Waals surface area contributed by atoms with Crippen LogP contribution < -0.4 is 0 Å². The van der Waals surface area contributed by atoms with E-state index in [-0.39, 0.29) is 5.91 Å². The van der Waals surface area contributed by atoms with E-state index in [9.17, 15) is 14.7 Å². The van der Waals surface area contributed by atoms with Crippen molar-refractivity contribution in [3.05, 3.63) is 32.7 Å². The molecule has 1 aliphatic rings. The predicted octanol–water partition coefficient (Wildman–Crippen LogP) is 3.21. The summed E-state index contributed by atoms with van der Waals surface area (Å²) in [5.41, 5.74) is 0.832. The van der Waals surface area contributed by atoms with Crippen molar-refractivity contribution in [2.45, 2.75) is 18.9 Å². The number of carboxylic acid groups (broad SMARTS) is 1. The Balaban J connectivity index is 2.43. The first-order valence-corrected chi connectivity index (χ1v) is 7.44. The Morgan fingerprint density at radius 3 is 2.63 bits per heavy atom. The number of halogens is 2. The lowest BCUT2D eigenvalue weighted by Gasteiger charge is -2.37. The van der Waals surface area contributed by atoms with Crippen LogP contribution in [0.1, 0.15) is 24.4 Å². The third kappa shape index (κ3) is 2.84. The summed E-state index contributed by atoms with van der Waals surface area (Å²) in [7, 11) is 1.66. The second-order valence-electron chi connectivity index (χ2n) is 4.61. The minimum atomic E-state index is -0.858. The zero-order valence-corrected chi connectivity index (χ0v) is 13.4. The van der Waals surface area contributed by atoms with Gasteiger partial charge in [-0.25, -0.2) is 0 Å². The Morgan fingerprint density at radius 1 is 1.37 bits per heavy atom. The second-order valence-corrected chi connectivity index (χ2v) is 6.32. The van der Waals surface area contributed by atoms with E-state index in [1.807, 2.05) is 18.2 Å². The van der Waals surface area contributed by atoms with E-state index in [1.165, 1.54) is 4.90 Å². The zero-order chi connectivity index (χ0) is 14.2. The highest BCUT2D eigenvalue weighted by molar-refractivity contribution is 9.13. The van der Waals surface area contributed by atoms with Crippen molar-refractivity contribution in [3.63, 3.8) is 0 Å². The van der Waals surface area contributed by atoms with Crippen LogP contribution in [0, 0.1) is 5.92 Å². The van der Waals surface area contributed by atoms with Crippen LogP contribution in [0.4, 0.5) is 0 Å². The van der Waals surface area contributed by atoms with Gasteiger partial charge in [0.2, 0.25) is 5.91 Å². The van der Waals surface area contributed by atoms with Gasteiger partial charge in [-0.3, -0.25) is 9.59 Å². The molecule has 1 amide bonds. The molecule has 1 heterocycles. The van der Waals surface area contributed by atoms with Crippen LogP contribution in [-0.2, 0) is 9.59 Å². The number of benzene rings is 1. The number of amides is 1. The molecule has 2 atom stereocenters. The van der Waals surface area contributed by atoms with Crippen LogP contribution in [0.3, 0.4) is 0 Å². The Morgan fingerprint density at radius 2 is 2.05 bits per heavy atom. The molecule has 0 aromatic heterocycles. The average Bonchev–Trinajstić information content (AvgIpc) is 2.35. The molecule has 2 unspecified atom stereocenters. The van der Waals surface area contributed by atoms with Crippen molar-refractivity contribution in [1.82, 2.24) is 4.90 Å². The van der Waals surface area contributed by atoms with Crippen molar-refractivity contribution in [1.29, 1.82) is 0 Å². The number of rotatable bonds is 2. The third-order valence-electron chi connectivity index (χ3n) is 3.46. The number of piperidine rings is 1. The topological polar surface area (TPSA) is 57.6 Å². The number of carbonyl (C=O) groups excluding carboxylic acids is 1. The standard InChI is InChI=1S/C13H13Br2NO3/c1-16-11(17)5-3-8(13(18)19)12(16)7-2-4-9(14)10(15)6-7/h2,4,6,8,12H,3,5H2,1H3,(H,18,19). The van der Waals surface area contributed by atoms with Gasteiger partial charge in [-0.15, -0.1) is 0 Å². The Hall–Kier alpha value is -0.880. The molecule has 1 saturated heterocycles. The molecule has 1 aromatic rings. The van der Waals surface area contributed by atoms with E-state index >= 15 is 0 Å². The van der Waals surface area contributed by atoms with Gasteiger partial charge in [0.05, 0.1) is 12.0 Å². The van der Waals surface area contributed by atoms with Crippen LogP contribution in [0.25, 0.3) is 0 Å². The highest BCUT2D eigenvalue weighted by atomic mass is 79.9. The van der Waals surface area contributed by atoms with Gasteiger partial charge in [0, 0.05) is 22.4 Å². The molecule has 0 saturated carbocycles. The third-order valence-corrected chi connectivity index (χ3v) is 5.34. The summed E-state index contributed by atoms with van der Waals surface area (Å²) in [4.78, 5) is 24.7. The maximum atomic E-state index is 11.8. The van der Waals surface area contributed by atoms with Gasteiger partial charge in [0.1, 0.15) is 0 Å². The molecule has 0 radical (unpaired) electrons.